The van der Waals surface area contributed by atoms with Gasteiger partial charge in [0.25, 0.3) is 0 Å². The minimum absolute atomic E-state index is 0.133. The fraction of sp³-hybridized carbons (Fsp3) is 0.588. The molecule has 1 aromatic heterocycles. The van der Waals surface area contributed by atoms with E-state index >= 15 is 0 Å². The first kappa shape index (κ1) is 17.2. The molecule has 6 nitrogen and oxygen atoms in total. The van der Waals surface area contributed by atoms with Gasteiger partial charge in [-0.25, -0.2) is 9.78 Å². The fourth-order valence-electron chi connectivity index (χ4n) is 2.68. The molecule has 2 rings (SSSR count). The number of hydrogen-bond donors (Lipinski definition) is 1. The van der Waals surface area contributed by atoms with Crippen LogP contribution in [0.5, 0.6) is 0 Å². The molecule has 0 unspecified atom stereocenters. The molecule has 0 atom stereocenters. The second kappa shape index (κ2) is 6.56. The molecule has 23 heavy (non-hydrogen) atoms. The first-order valence-corrected chi connectivity index (χ1v) is 7.97. The Kier molecular flexibility index (Phi) is 4.92. The molecular weight excluding hydrogens is 292 g/mol. The van der Waals surface area contributed by atoms with Gasteiger partial charge in [0.05, 0.1) is 0 Å². The Balaban J connectivity index is 1.92. The van der Waals surface area contributed by atoms with Gasteiger partial charge in [-0.3, -0.25) is 10.1 Å². The lowest BCUT2D eigenvalue weighted by Gasteiger charge is -2.37. The van der Waals surface area contributed by atoms with Crippen LogP contribution in [0, 0.1) is 19.3 Å². The predicted molar refractivity (Wildman–Crippen MR) is 90.3 cm³/mol. The van der Waals surface area contributed by atoms with Crippen molar-refractivity contribution >= 4 is 17.8 Å². The van der Waals surface area contributed by atoms with Gasteiger partial charge in [0.1, 0.15) is 5.82 Å². The molecule has 1 aliphatic heterocycles. The van der Waals surface area contributed by atoms with Gasteiger partial charge in [-0.15, -0.1) is 0 Å². The number of aryl methyl sites for hydroxylation is 2. The van der Waals surface area contributed by atoms with Crippen molar-refractivity contribution in [1.29, 1.82) is 0 Å². The molecule has 2 heterocycles. The van der Waals surface area contributed by atoms with Crippen LogP contribution in [0.25, 0.3) is 0 Å². The largest absolute Gasteiger partial charge is 0.339 e. The standard InChI is InChI=1S/C17H26N4O2/c1-12-10-13(2)18-14(11-12)19-16(23)21-8-6-20(7-9-21)15(22)17(3,4)5/h10-11H,6-9H2,1-5H3,(H,18,19,23). The van der Waals surface area contributed by atoms with E-state index in [9.17, 15) is 9.59 Å². The molecular formula is C17H26N4O2. The van der Waals surface area contributed by atoms with Crippen LogP contribution in [0.15, 0.2) is 12.1 Å². The Morgan fingerprint density at radius 1 is 1.04 bits per heavy atom. The number of carbonyl (C=O) groups is 2. The summed E-state index contributed by atoms with van der Waals surface area (Å²) in [5, 5.41) is 2.84. The van der Waals surface area contributed by atoms with E-state index in [1.165, 1.54) is 0 Å². The van der Waals surface area contributed by atoms with E-state index in [1.54, 1.807) is 4.90 Å². The Morgan fingerprint density at radius 2 is 1.61 bits per heavy atom. The number of rotatable bonds is 1. The quantitative estimate of drug-likeness (QED) is 0.865. The highest BCUT2D eigenvalue weighted by Crippen LogP contribution is 2.19. The number of amides is 3. The molecule has 3 amide bonds. The molecule has 0 bridgehead atoms. The molecule has 1 aromatic rings. The van der Waals surface area contributed by atoms with Crippen LogP contribution in [-0.4, -0.2) is 52.9 Å². The predicted octanol–water partition coefficient (Wildman–Crippen LogP) is 2.42. The zero-order valence-electron chi connectivity index (χ0n) is 14.6. The molecule has 0 saturated carbocycles. The molecule has 0 aliphatic carbocycles. The lowest BCUT2D eigenvalue weighted by Crippen LogP contribution is -2.53. The van der Waals surface area contributed by atoms with Crippen molar-refractivity contribution < 1.29 is 9.59 Å². The van der Waals surface area contributed by atoms with Gasteiger partial charge in [-0.1, -0.05) is 20.8 Å². The van der Waals surface area contributed by atoms with Crippen molar-refractivity contribution in [3.05, 3.63) is 23.4 Å². The smallest absolute Gasteiger partial charge is 0.323 e. The van der Waals surface area contributed by atoms with Gasteiger partial charge in [-0.2, -0.15) is 0 Å². The lowest BCUT2D eigenvalue weighted by molar-refractivity contribution is -0.140. The zero-order chi connectivity index (χ0) is 17.2. The summed E-state index contributed by atoms with van der Waals surface area (Å²) in [5.74, 6) is 0.703. The van der Waals surface area contributed by atoms with Gasteiger partial charge in [0, 0.05) is 37.3 Å². The van der Waals surface area contributed by atoms with Crippen LogP contribution in [0.1, 0.15) is 32.0 Å². The molecule has 6 heteroatoms. The normalized spacial score (nSPS) is 15.5. The number of nitrogens with one attached hydrogen (secondary N) is 1. The molecule has 1 aliphatic rings. The van der Waals surface area contributed by atoms with Crippen molar-refractivity contribution in [1.82, 2.24) is 14.8 Å². The summed E-state index contributed by atoms with van der Waals surface area (Å²) in [5.41, 5.74) is 1.56. The molecule has 0 radical (unpaired) electrons. The third kappa shape index (κ3) is 4.43. The average molecular weight is 318 g/mol. The summed E-state index contributed by atoms with van der Waals surface area (Å²) >= 11 is 0. The first-order valence-electron chi connectivity index (χ1n) is 7.97. The molecule has 126 valence electrons. The Labute approximate surface area is 137 Å². The summed E-state index contributed by atoms with van der Waals surface area (Å²) < 4.78 is 0. The first-order chi connectivity index (χ1) is 10.7. The van der Waals surface area contributed by atoms with Gasteiger partial charge in [0.2, 0.25) is 5.91 Å². The van der Waals surface area contributed by atoms with Crippen LogP contribution in [-0.2, 0) is 4.79 Å². The van der Waals surface area contributed by atoms with E-state index < -0.39 is 0 Å². The summed E-state index contributed by atoms with van der Waals surface area (Å²) in [6.45, 7) is 11.9. The van der Waals surface area contributed by atoms with Gasteiger partial charge in [0.15, 0.2) is 0 Å². The molecule has 0 spiro atoms. The number of pyridine rings is 1. The number of aromatic nitrogens is 1. The number of piperazine rings is 1. The third-order valence-electron chi connectivity index (χ3n) is 3.83. The van der Waals surface area contributed by atoms with Crippen LogP contribution in [0.4, 0.5) is 10.6 Å². The maximum atomic E-state index is 12.3. The van der Waals surface area contributed by atoms with Crippen molar-refractivity contribution in [2.75, 3.05) is 31.5 Å². The van der Waals surface area contributed by atoms with E-state index in [1.807, 2.05) is 51.7 Å². The summed E-state index contributed by atoms with van der Waals surface area (Å²) in [7, 11) is 0. The summed E-state index contributed by atoms with van der Waals surface area (Å²) in [6, 6.07) is 3.65. The third-order valence-corrected chi connectivity index (χ3v) is 3.83. The molecule has 0 aromatic carbocycles. The number of hydrogen-bond acceptors (Lipinski definition) is 3. The van der Waals surface area contributed by atoms with Crippen LogP contribution >= 0.6 is 0 Å². The van der Waals surface area contributed by atoms with Gasteiger partial charge < -0.3 is 9.80 Å². The maximum absolute atomic E-state index is 12.3. The second-order valence-electron chi connectivity index (χ2n) is 7.13. The molecule has 1 N–H and O–H groups in total. The molecule has 1 saturated heterocycles. The highest BCUT2D eigenvalue weighted by molar-refractivity contribution is 5.89. The Morgan fingerprint density at radius 3 is 2.13 bits per heavy atom. The monoisotopic (exact) mass is 318 g/mol. The van der Waals surface area contributed by atoms with Crippen molar-refractivity contribution in [2.45, 2.75) is 34.6 Å². The minimum Gasteiger partial charge on any atom is -0.339 e. The average Bonchev–Trinajstić information content (AvgIpc) is 2.44. The minimum atomic E-state index is -0.382. The van der Waals surface area contributed by atoms with Crippen LogP contribution in [0.3, 0.4) is 0 Å². The van der Waals surface area contributed by atoms with E-state index in [2.05, 4.69) is 10.3 Å². The maximum Gasteiger partial charge on any atom is 0.323 e. The number of anilines is 1. The second-order valence-corrected chi connectivity index (χ2v) is 7.13. The van der Waals surface area contributed by atoms with Gasteiger partial charge in [-0.05, 0) is 31.5 Å². The van der Waals surface area contributed by atoms with Crippen LogP contribution in [0.2, 0.25) is 0 Å². The number of nitrogens with zero attached hydrogens (tertiary/aromatic N) is 3. The highest BCUT2D eigenvalue weighted by atomic mass is 16.2. The van der Waals surface area contributed by atoms with Crippen LogP contribution < -0.4 is 5.32 Å². The SMILES string of the molecule is Cc1cc(C)nc(NC(=O)N2CCN(C(=O)C(C)(C)C)CC2)c1. The Bertz CT molecular complexity index is 579. The van der Waals surface area contributed by atoms with Crippen molar-refractivity contribution in [2.24, 2.45) is 5.41 Å². The fourth-order valence-corrected chi connectivity index (χ4v) is 2.68. The van der Waals surface area contributed by atoms with Crippen molar-refractivity contribution in [3.63, 3.8) is 0 Å². The van der Waals surface area contributed by atoms with E-state index in [0.29, 0.717) is 32.0 Å². The lowest BCUT2D eigenvalue weighted by atomic mass is 9.94. The summed E-state index contributed by atoms with van der Waals surface area (Å²) in [4.78, 5) is 32.5. The van der Waals surface area contributed by atoms with Crippen molar-refractivity contribution in [3.8, 4) is 0 Å². The van der Waals surface area contributed by atoms with E-state index in [4.69, 9.17) is 0 Å². The Hall–Kier alpha value is -2.11. The topological polar surface area (TPSA) is 65.5 Å². The number of carbonyl (C=O) groups excluding carboxylic acids is 2. The van der Waals surface area contributed by atoms with E-state index in [-0.39, 0.29) is 17.4 Å². The highest BCUT2D eigenvalue weighted by Gasteiger charge is 2.30. The van der Waals surface area contributed by atoms with Gasteiger partial charge >= 0.3 is 6.03 Å². The number of urea groups is 1. The molecule has 1 fully saturated rings. The zero-order valence-corrected chi connectivity index (χ0v) is 14.6. The van der Waals surface area contributed by atoms with E-state index in [0.717, 1.165) is 11.3 Å². The summed E-state index contributed by atoms with van der Waals surface area (Å²) in [6.07, 6.45) is 0.